The summed E-state index contributed by atoms with van der Waals surface area (Å²) in [5, 5.41) is 0. The van der Waals surface area contributed by atoms with Gasteiger partial charge >= 0.3 is 5.97 Å². The molecule has 1 aliphatic rings. The number of rotatable bonds is 4. The van der Waals surface area contributed by atoms with Gasteiger partial charge in [0.1, 0.15) is 5.60 Å². The first kappa shape index (κ1) is 9.30. The summed E-state index contributed by atoms with van der Waals surface area (Å²) in [5.74, 6) is -0.187. The van der Waals surface area contributed by atoms with Crippen LogP contribution in [0.25, 0.3) is 0 Å². The smallest absolute Gasteiger partial charge is 0.331 e. The molecular weight excluding hydrogens is 152 g/mol. The molecule has 2 heteroatoms. The average Bonchev–Trinajstić information content (AvgIpc) is 2.45. The van der Waals surface area contributed by atoms with Crippen molar-refractivity contribution >= 4 is 5.97 Å². The normalized spacial score (nSPS) is 27.7. The highest BCUT2D eigenvalue weighted by molar-refractivity contribution is 5.85. The Kier molecular flexibility index (Phi) is 2.90. The average molecular weight is 168 g/mol. The molecule has 0 aromatic rings. The Balaban J connectivity index is 2.53. The minimum absolute atomic E-state index is 0.187. The summed E-state index contributed by atoms with van der Waals surface area (Å²) in [4.78, 5) is 10.9. The Hall–Kier alpha value is -0.790. The topological polar surface area (TPSA) is 26.3 Å². The molecule has 2 nitrogen and oxygen atoms in total. The van der Waals surface area contributed by atoms with Crippen molar-refractivity contribution in [1.82, 2.24) is 0 Å². The number of carbonyl (C=O) groups excluding carboxylic acids is 1. The van der Waals surface area contributed by atoms with Crippen LogP contribution in [0.15, 0.2) is 12.2 Å². The zero-order valence-electron chi connectivity index (χ0n) is 7.80. The molecular formula is C10H16O2. The number of ether oxygens (including phenoxy) is 1. The zero-order valence-corrected chi connectivity index (χ0v) is 7.80. The van der Waals surface area contributed by atoms with Crippen LogP contribution in [-0.4, -0.2) is 11.6 Å². The van der Waals surface area contributed by atoms with Crippen LogP contribution in [-0.2, 0) is 9.53 Å². The second-order valence-electron chi connectivity index (χ2n) is 3.28. The largest absolute Gasteiger partial charge is 0.452 e. The van der Waals surface area contributed by atoms with E-state index in [-0.39, 0.29) is 11.6 Å². The minimum atomic E-state index is -0.271. The van der Waals surface area contributed by atoms with Crippen molar-refractivity contribution in [3.8, 4) is 0 Å². The Morgan fingerprint density at radius 1 is 1.50 bits per heavy atom. The van der Waals surface area contributed by atoms with Gasteiger partial charge in [0.15, 0.2) is 0 Å². The fraction of sp³-hybridized carbons (Fsp3) is 0.700. The van der Waals surface area contributed by atoms with E-state index in [9.17, 15) is 4.79 Å². The van der Waals surface area contributed by atoms with E-state index in [1.807, 2.05) is 6.08 Å². The van der Waals surface area contributed by atoms with Crippen molar-refractivity contribution in [3.63, 3.8) is 0 Å². The third kappa shape index (κ3) is 1.87. The van der Waals surface area contributed by atoms with Gasteiger partial charge in [-0.15, -0.1) is 0 Å². The molecule has 0 saturated heterocycles. The summed E-state index contributed by atoms with van der Waals surface area (Å²) in [6.45, 7) is 4.20. The van der Waals surface area contributed by atoms with E-state index < -0.39 is 0 Å². The maximum absolute atomic E-state index is 10.9. The molecule has 0 aliphatic carbocycles. The van der Waals surface area contributed by atoms with Gasteiger partial charge in [0.2, 0.25) is 0 Å². The monoisotopic (exact) mass is 168 g/mol. The molecule has 1 unspecified atom stereocenters. The van der Waals surface area contributed by atoms with E-state index >= 15 is 0 Å². The molecule has 12 heavy (non-hydrogen) atoms. The van der Waals surface area contributed by atoms with Crippen molar-refractivity contribution in [3.05, 3.63) is 12.2 Å². The molecule has 0 spiro atoms. The predicted molar refractivity (Wildman–Crippen MR) is 47.8 cm³/mol. The third-order valence-electron chi connectivity index (χ3n) is 2.38. The van der Waals surface area contributed by atoms with Crippen LogP contribution in [0.5, 0.6) is 0 Å². The fourth-order valence-corrected chi connectivity index (χ4v) is 1.47. The number of hydrogen-bond donors (Lipinski definition) is 0. The lowest BCUT2D eigenvalue weighted by Gasteiger charge is -2.24. The highest BCUT2D eigenvalue weighted by Gasteiger charge is 2.32. The second-order valence-corrected chi connectivity index (χ2v) is 3.28. The van der Waals surface area contributed by atoms with E-state index in [0.29, 0.717) is 0 Å². The van der Waals surface area contributed by atoms with E-state index in [1.165, 1.54) is 0 Å². The summed E-state index contributed by atoms with van der Waals surface area (Å²) in [6.07, 6.45) is 7.56. The lowest BCUT2D eigenvalue weighted by Crippen LogP contribution is -2.27. The molecule has 0 aromatic heterocycles. The maximum atomic E-state index is 10.9. The molecule has 1 heterocycles. The molecule has 0 N–H and O–H groups in total. The molecule has 0 aromatic carbocycles. The quantitative estimate of drug-likeness (QED) is 0.603. The van der Waals surface area contributed by atoms with Crippen molar-refractivity contribution in [1.29, 1.82) is 0 Å². The molecule has 0 fully saturated rings. The molecule has 68 valence electrons. The van der Waals surface area contributed by atoms with E-state index in [2.05, 4.69) is 13.8 Å². The van der Waals surface area contributed by atoms with Gasteiger partial charge in [0.05, 0.1) is 0 Å². The fourth-order valence-electron chi connectivity index (χ4n) is 1.47. The summed E-state index contributed by atoms with van der Waals surface area (Å²) in [7, 11) is 0. The minimum Gasteiger partial charge on any atom is -0.452 e. The van der Waals surface area contributed by atoms with Gasteiger partial charge in [-0.1, -0.05) is 20.3 Å². The predicted octanol–water partition coefficient (Wildman–Crippen LogP) is 2.44. The molecule has 1 aliphatic heterocycles. The zero-order chi connectivity index (χ0) is 9.03. The van der Waals surface area contributed by atoms with E-state index in [1.54, 1.807) is 6.08 Å². The van der Waals surface area contributed by atoms with Crippen molar-refractivity contribution < 1.29 is 9.53 Å². The Morgan fingerprint density at radius 2 is 2.25 bits per heavy atom. The van der Waals surface area contributed by atoms with Crippen LogP contribution in [0.2, 0.25) is 0 Å². The Morgan fingerprint density at radius 3 is 2.67 bits per heavy atom. The van der Waals surface area contributed by atoms with Gasteiger partial charge in [0.25, 0.3) is 0 Å². The van der Waals surface area contributed by atoms with Crippen LogP contribution in [0.1, 0.15) is 39.5 Å². The molecule has 0 saturated carbocycles. The summed E-state index contributed by atoms with van der Waals surface area (Å²) < 4.78 is 5.25. The first-order valence-corrected chi connectivity index (χ1v) is 4.64. The lowest BCUT2D eigenvalue weighted by molar-refractivity contribution is -0.146. The lowest BCUT2D eigenvalue weighted by atomic mass is 9.94. The molecule has 0 amide bonds. The Bertz CT molecular complexity index is 196. The highest BCUT2D eigenvalue weighted by atomic mass is 16.6. The first-order valence-electron chi connectivity index (χ1n) is 4.64. The Labute approximate surface area is 73.6 Å². The van der Waals surface area contributed by atoms with Gasteiger partial charge in [-0.2, -0.15) is 0 Å². The molecule has 1 rings (SSSR count). The van der Waals surface area contributed by atoms with Crippen molar-refractivity contribution in [2.24, 2.45) is 0 Å². The molecule has 0 radical (unpaired) electrons. The van der Waals surface area contributed by atoms with E-state index in [0.717, 1.165) is 25.7 Å². The second kappa shape index (κ2) is 3.74. The van der Waals surface area contributed by atoms with Gasteiger partial charge in [0, 0.05) is 6.08 Å². The SMILES string of the molecule is CCCCC1(CC)C=CC(=O)O1. The number of esters is 1. The summed E-state index contributed by atoms with van der Waals surface area (Å²) >= 11 is 0. The number of carbonyl (C=O) groups is 1. The van der Waals surface area contributed by atoms with Crippen LogP contribution in [0.3, 0.4) is 0 Å². The summed E-state index contributed by atoms with van der Waals surface area (Å²) in [5.41, 5.74) is -0.271. The van der Waals surface area contributed by atoms with Crippen LogP contribution in [0, 0.1) is 0 Å². The highest BCUT2D eigenvalue weighted by Crippen LogP contribution is 2.29. The summed E-state index contributed by atoms with van der Waals surface area (Å²) in [6, 6.07) is 0. The van der Waals surface area contributed by atoms with Gasteiger partial charge in [-0.25, -0.2) is 4.79 Å². The molecule has 0 bridgehead atoms. The van der Waals surface area contributed by atoms with Crippen molar-refractivity contribution in [2.45, 2.75) is 45.1 Å². The third-order valence-corrected chi connectivity index (χ3v) is 2.38. The van der Waals surface area contributed by atoms with Crippen molar-refractivity contribution in [2.75, 3.05) is 0 Å². The number of hydrogen-bond acceptors (Lipinski definition) is 2. The number of cyclic esters (lactones) is 1. The van der Waals surface area contributed by atoms with Crippen LogP contribution >= 0.6 is 0 Å². The van der Waals surface area contributed by atoms with Gasteiger partial charge < -0.3 is 4.74 Å². The van der Waals surface area contributed by atoms with Gasteiger partial charge in [-0.3, -0.25) is 0 Å². The van der Waals surface area contributed by atoms with Crippen LogP contribution in [0.4, 0.5) is 0 Å². The van der Waals surface area contributed by atoms with Gasteiger partial charge in [-0.05, 0) is 25.3 Å². The standard InChI is InChI=1S/C10H16O2/c1-3-5-7-10(4-2)8-6-9(11)12-10/h6,8H,3-5,7H2,1-2H3. The van der Waals surface area contributed by atoms with Crippen LogP contribution < -0.4 is 0 Å². The molecule has 1 atom stereocenters. The first-order chi connectivity index (χ1) is 5.72. The number of unbranched alkanes of at least 4 members (excludes halogenated alkanes) is 1. The maximum Gasteiger partial charge on any atom is 0.331 e. The van der Waals surface area contributed by atoms with E-state index in [4.69, 9.17) is 4.74 Å².